The van der Waals surface area contributed by atoms with Crippen LogP contribution in [0.3, 0.4) is 0 Å². The van der Waals surface area contributed by atoms with Crippen molar-refractivity contribution in [3.8, 4) is 0 Å². The molecule has 0 spiro atoms. The van der Waals surface area contributed by atoms with E-state index in [0.717, 1.165) is 64.0 Å². The number of amides is 2. The Kier molecular flexibility index (Phi) is 11.1. The van der Waals surface area contributed by atoms with E-state index < -0.39 is 6.09 Å². The first-order valence-corrected chi connectivity index (χ1v) is 17.0. The lowest BCUT2D eigenvalue weighted by Gasteiger charge is -2.44. The molecule has 240 valence electrons. The van der Waals surface area contributed by atoms with E-state index in [1.807, 2.05) is 55.5 Å². The standard InChI is InChI=1S/C27H32Cl2N2O.C10H13NO2/c28-24-10-9-20(18-25(24)29)23-17-21(23)19-30-15-11-27(12-16-30,22-7-3-1-4-8-22)26(32)31-13-5-2-6-14-31;1-8(11(2)10(12)13)9-6-4-3-5-7-9/h1,3-4,7-10,18,21,23H,2,5-6,11-17,19H2;3-8H,1-2H3,(H,12,13)/t21-,23+;8-/m00/s1. The summed E-state index contributed by atoms with van der Waals surface area (Å²) in [6.07, 6.45) is 5.66. The van der Waals surface area contributed by atoms with Crippen LogP contribution in [0.4, 0.5) is 4.79 Å². The van der Waals surface area contributed by atoms with E-state index >= 15 is 0 Å². The Hall–Kier alpha value is -3.06. The van der Waals surface area contributed by atoms with Crippen LogP contribution in [-0.2, 0) is 10.2 Å². The fourth-order valence-corrected chi connectivity index (χ4v) is 7.26. The summed E-state index contributed by atoms with van der Waals surface area (Å²) < 4.78 is 0. The van der Waals surface area contributed by atoms with E-state index in [1.54, 1.807) is 7.05 Å². The predicted molar refractivity (Wildman–Crippen MR) is 182 cm³/mol. The number of nitrogens with zero attached hydrogens (tertiary/aromatic N) is 3. The summed E-state index contributed by atoms with van der Waals surface area (Å²) in [6.45, 7) is 6.78. The van der Waals surface area contributed by atoms with E-state index in [0.29, 0.717) is 27.8 Å². The summed E-state index contributed by atoms with van der Waals surface area (Å²) >= 11 is 12.3. The number of benzene rings is 3. The average molecular weight is 651 g/mol. The molecule has 0 radical (unpaired) electrons. The van der Waals surface area contributed by atoms with Crippen LogP contribution in [0.2, 0.25) is 10.0 Å². The van der Waals surface area contributed by atoms with E-state index in [2.05, 4.69) is 40.1 Å². The van der Waals surface area contributed by atoms with Crippen LogP contribution in [0.15, 0.2) is 78.9 Å². The maximum atomic E-state index is 13.8. The van der Waals surface area contributed by atoms with E-state index in [4.69, 9.17) is 28.3 Å². The van der Waals surface area contributed by atoms with Crippen molar-refractivity contribution in [2.75, 3.05) is 39.8 Å². The zero-order chi connectivity index (χ0) is 32.0. The minimum atomic E-state index is -0.906. The molecule has 2 heterocycles. The fourth-order valence-electron chi connectivity index (χ4n) is 6.95. The molecule has 45 heavy (non-hydrogen) atoms. The molecule has 3 fully saturated rings. The van der Waals surface area contributed by atoms with Crippen molar-refractivity contribution in [2.45, 2.75) is 62.8 Å². The molecular formula is C37H45Cl2N3O3. The highest BCUT2D eigenvalue weighted by Gasteiger charge is 2.47. The molecule has 0 aromatic heterocycles. The SMILES string of the molecule is C[C@@H](c1ccccc1)N(C)C(=O)O.O=C(N1CCCCC1)C1(c2ccccc2)CCN(C[C@@H]2C[C@@H]2c2ccc(Cl)c(Cl)c2)CC1. The summed E-state index contributed by atoms with van der Waals surface area (Å²) in [4.78, 5) is 30.4. The summed E-state index contributed by atoms with van der Waals surface area (Å²) in [5.74, 6) is 1.62. The van der Waals surface area contributed by atoms with Gasteiger partial charge in [-0.2, -0.15) is 0 Å². The molecule has 2 saturated heterocycles. The molecule has 2 amide bonds. The second-order valence-corrected chi connectivity index (χ2v) is 13.7. The Morgan fingerprint density at radius 3 is 2.11 bits per heavy atom. The van der Waals surface area contributed by atoms with Crippen molar-refractivity contribution >= 4 is 35.2 Å². The maximum absolute atomic E-state index is 13.8. The van der Waals surface area contributed by atoms with Crippen LogP contribution in [-0.4, -0.2) is 71.6 Å². The van der Waals surface area contributed by atoms with Crippen molar-refractivity contribution in [1.82, 2.24) is 14.7 Å². The summed E-state index contributed by atoms with van der Waals surface area (Å²) in [5.41, 5.74) is 3.16. The van der Waals surface area contributed by atoms with Gasteiger partial charge in [-0.3, -0.25) is 4.79 Å². The van der Waals surface area contributed by atoms with Gasteiger partial charge in [0, 0.05) is 26.7 Å². The van der Waals surface area contributed by atoms with Crippen LogP contribution in [0, 0.1) is 5.92 Å². The van der Waals surface area contributed by atoms with Gasteiger partial charge >= 0.3 is 6.09 Å². The van der Waals surface area contributed by atoms with Crippen molar-refractivity contribution in [3.63, 3.8) is 0 Å². The molecule has 1 N–H and O–H groups in total. The first-order chi connectivity index (χ1) is 21.7. The van der Waals surface area contributed by atoms with Crippen molar-refractivity contribution in [1.29, 1.82) is 0 Å². The summed E-state index contributed by atoms with van der Waals surface area (Å²) in [7, 11) is 1.57. The Morgan fingerprint density at radius 1 is 0.889 bits per heavy atom. The molecule has 6 rings (SSSR count). The van der Waals surface area contributed by atoms with Gasteiger partial charge in [-0.05, 0) is 99.2 Å². The fraction of sp³-hybridized carbons (Fsp3) is 0.459. The highest BCUT2D eigenvalue weighted by molar-refractivity contribution is 6.42. The Morgan fingerprint density at radius 2 is 1.51 bits per heavy atom. The van der Waals surface area contributed by atoms with Crippen molar-refractivity contribution in [2.24, 2.45) is 5.92 Å². The second kappa shape index (κ2) is 15.0. The maximum Gasteiger partial charge on any atom is 0.407 e. The number of carbonyl (C=O) groups excluding carboxylic acids is 1. The van der Waals surface area contributed by atoms with Crippen LogP contribution in [0.1, 0.15) is 74.1 Å². The van der Waals surface area contributed by atoms with E-state index in [-0.39, 0.29) is 11.5 Å². The van der Waals surface area contributed by atoms with Crippen LogP contribution in [0.5, 0.6) is 0 Å². The van der Waals surface area contributed by atoms with Gasteiger partial charge in [0.25, 0.3) is 0 Å². The third kappa shape index (κ3) is 8.03. The number of piperidine rings is 2. The highest BCUT2D eigenvalue weighted by Crippen LogP contribution is 2.49. The molecule has 3 aromatic rings. The van der Waals surface area contributed by atoms with Crippen molar-refractivity contribution < 1.29 is 14.7 Å². The smallest absolute Gasteiger partial charge is 0.407 e. The van der Waals surface area contributed by atoms with Gasteiger partial charge in [-0.1, -0.05) is 89.9 Å². The number of halogens is 2. The zero-order valence-corrected chi connectivity index (χ0v) is 27.9. The third-order valence-electron chi connectivity index (χ3n) is 10.0. The topological polar surface area (TPSA) is 64.1 Å². The van der Waals surface area contributed by atoms with Crippen LogP contribution >= 0.6 is 23.2 Å². The lowest BCUT2D eigenvalue weighted by atomic mass is 9.71. The molecular weight excluding hydrogens is 605 g/mol. The molecule has 1 aliphatic carbocycles. The molecule has 1 saturated carbocycles. The minimum absolute atomic E-state index is 0.0984. The Balaban J connectivity index is 0.000000259. The number of hydrogen-bond acceptors (Lipinski definition) is 3. The number of carbonyl (C=O) groups is 2. The lowest BCUT2D eigenvalue weighted by molar-refractivity contribution is -0.140. The van der Waals surface area contributed by atoms with Crippen LogP contribution < -0.4 is 0 Å². The van der Waals surface area contributed by atoms with E-state index in [9.17, 15) is 9.59 Å². The molecule has 0 bridgehead atoms. The first-order valence-electron chi connectivity index (χ1n) is 16.2. The summed E-state index contributed by atoms with van der Waals surface area (Å²) in [6, 6.07) is 26.1. The van der Waals surface area contributed by atoms with E-state index in [1.165, 1.54) is 28.9 Å². The molecule has 6 nitrogen and oxygen atoms in total. The monoisotopic (exact) mass is 649 g/mol. The number of rotatable bonds is 7. The predicted octanol–water partition coefficient (Wildman–Crippen LogP) is 8.50. The number of carboxylic acid groups (broad SMARTS) is 1. The third-order valence-corrected chi connectivity index (χ3v) is 10.8. The van der Waals surface area contributed by atoms with Gasteiger partial charge in [0.1, 0.15) is 0 Å². The Bertz CT molecular complexity index is 1420. The molecule has 0 unspecified atom stereocenters. The normalized spacial score (nSPS) is 21.6. The van der Waals surface area contributed by atoms with Gasteiger partial charge in [-0.25, -0.2) is 4.79 Å². The quantitative estimate of drug-likeness (QED) is 0.279. The largest absolute Gasteiger partial charge is 0.465 e. The average Bonchev–Trinajstić information content (AvgIpc) is 3.86. The van der Waals surface area contributed by atoms with Crippen LogP contribution in [0.25, 0.3) is 0 Å². The number of likely N-dealkylation sites (tertiary alicyclic amines) is 2. The first kappa shape index (κ1) is 33.3. The molecule has 2 aliphatic heterocycles. The molecule has 3 atom stereocenters. The second-order valence-electron chi connectivity index (χ2n) is 12.9. The number of hydrogen-bond donors (Lipinski definition) is 1. The Labute approximate surface area is 277 Å². The van der Waals surface area contributed by atoms with Gasteiger partial charge in [-0.15, -0.1) is 0 Å². The lowest BCUT2D eigenvalue weighted by Crippen LogP contribution is -2.54. The zero-order valence-electron chi connectivity index (χ0n) is 26.4. The molecule has 3 aliphatic rings. The molecule has 3 aromatic carbocycles. The van der Waals surface area contributed by atoms with Crippen molar-refractivity contribution in [3.05, 3.63) is 106 Å². The minimum Gasteiger partial charge on any atom is -0.465 e. The van der Waals surface area contributed by atoms with Gasteiger partial charge in [0.05, 0.1) is 21.5 Å². The van der Waals surface area contributed by atoms with Gasteiger partial charge < -0.3 is 19.8 Å². The molecule has 8 heteroatoms. The highest BCUT2D eigenvalue weighted by atomic mass is 35.5. The van der Waals surface area contributed by atoms with Gasteiger partial charge in [0.15, 0.2) is 0 Å². The van der Waals surface area contributed by atoms with Gasteiger partial charge in [0.2, 0.25) is 5.91 Å². The summed E-state index contributed by atoms with van der Waals surface area (Å²) in [5, 5.41) is 10.0.